The van der Waals surface area contributed by atoms with Crippen molar-refractivity contribution in [2.24, 2.45) is 0 Å². The number of rotatable bonds is 12. The minimum absolute atomic E-state index is 0.0237. The Hall–Kier alpha value is -3.12. The highest BCUT2D eigenvalue weighted by atomic mass is 35.5. The molecule has 0 radical (unpaired) electrons. The van der Waals surface area contributed by atoms with Crippen molar-refractivity contribution in [1.82, 2.24) is 5.32 Å². The van der Waals surface area contributed by atoms with E-state index in [2.05, 4.69) is 5.32 Å². The third-order valence-electron chi connectivity index (χ3n) is 6.83. The highest BCUT2D eigenvalue weighted by molar-refractivity contribution is 6.43. The molecule has 0 bridgehead atoms. The summed E-state index contributed by atoms with van der Waals surface area (Å²) in [6, 6.07) is 17.8. The van der Waals surface area contributed by atoms with Gasteiger partial charge in [0.25, 0.3) is 0 Å². The number of benzene rings is 4. The van der Waals surface area contributed by atoms with Crippen LogP contribution >= 0.6 is 69.6 Å². The standard InChI is InChI=1S/C33H25Cl6NO8/c1-17(40-15-19(41)16-44-20-3-6-23(34)26(37)12-20)10-18-2-9-29-30(11-18)48-33(47-29,31(42)45-21-4-7-24(35)27(38)13-21)32(43)46-22-5-8-25(36)28(39)14-22/h2-9,11-14,17,19,40-41H,10,15-16H2,1H3. The summed E-state index contributed by atoms with van der Waals surface area (Å²) >= 11 is 36.1. The lowest BCUT2D eigenvalue weighted by Crippen LogP contribution is -2.58. The van der Waals surface area contributed by atoms with Gasteiger partial charge in [0.2, 0.25) is 0 Å². The van der Waals surface area contributed by atoms with E-state index in [0.717, 1.165) is 5.56 Å². The van der Waals surface area contributed by atoms with E-state index in [9.17, 15) is 14.7 Å². The normalized spacial score (nSPS) is 14.2. The molecule has 48 heavy (non-hydrogen) atoms. The van der Waals surface area contributed by atoms with Crippen molar-refractivity contribution in [3.63, 3.8) is 0 Å². The molecule has 0 saturated heterocycles. The number of aliphatic hydroxyl groups excluding tert-OH is 1. The molecule has 1 aliphatic rings. The van der Waals surface area contributed by atoms with Crippen LogP contribution in [0.25, 0.3) is 0 Å². The first-order valence-electron chi connectivity index (χ1n) is 14.2. The molecule has 0 spiro atoms. The molecular weight excluding hydrogens is 751 g/mol. The van der Waals surface area contributed by atoms with Gasteiger partial charge in [-0.25, -0.2) is 9.59 Å². The van der Waals surface area contributed by atoms with Crippen LogP contribution in [0, 0.1) is 0 Å². The van der Waals surface area contributed by atoms with E-state index in [1.807, 2.05) is 6.92 Å². The molecule has 4 aromatic rings. The van der Waals surface area contributed by atoms with Gasteiger partial charge in [0.1, 0.15) is 30.0 Å². The second-order valence-corrected chi connectivity index (χ2v) is 13.0. The zero-order valence-corrected chi connectivity index (χ0v) is 29.3. The summed E-state index contributed by atoms with van der Waals surface area (Å²) < 4.78 is 28.2. The van der Waals surface area contributed by atoms with Crippen molar-refractivity contribution >= 4 is 81.5 Å². The van der Waals surface area contributed by atoms with Gasteiger partial charge in [-0.3, -0.25) is 0 Å². The van der Waals surface area contributed by atoms with Crippen molar-refractivity contribution < 1.29 is 38.4 Å². The van der Waals surface area contributed by atoms with Gasteiger partial charge in [0.05, 0.1) is 30.1 Å². The Balaban J connectivity index is 1.26. The first-order chi connectivity index (χ1) is 22.8. The number of carbonyl (C=O) groups excluding carboxylic acids is 2. The second-order valence-electron chi connectivity index (χ2n) is 10.6. The van der Waals surface area contributed by atoms with Crippen LogP contribution in [0.4, 0.5) is 0 Å². The van der Waals surface area contributed by atoms with Crippen LogP contribution in [0.2, 0.25) is 30.1 Å². The molecule has 5 rings (SSSR count). The fourth-order valence-electron chi connectivity index (χ4n) is 4.43. The van der Waals surface area contributed by atoms with E-state index in [1.54, 1.807) is 36.4 Å². The van der Waals surface area contributed by atoms with Crippen molar-refractivity contribution in [2.45, 2.75) is 31.3 Å². The second kappa shape index (κ2) is 15.6. The molecule has 9 nitrogen and oxygen atoms in total. The summed E-state index contributed by atoms with van der Waals surface area (Å²) in [6.45, 7) is 2.18. The van der Waals surface area contributed by atoms with Gasteiger partial charge in [-0.15, -0.1) is 0 Å². The molecule has 4 aromatic carbocycles. The van der Waals surface area contributed by atoms with Gasteiger partial charge in [0.15, 0.2) is 11.5 Å². The molecule has 252 valence electrons. The van der Waals surface area contributed by atoms with Gasteiger partial charge in [-0.05, 0) is 67.4 Å². The lowest BCUT2D eigenvalue weighted by atomic mass is 10.1. The van der Waals surface area contributed by atoms with Crippen LogP contribution in [0.5, 0.6) is 28.7 Å². The number of nitrogens with one attached hydrogen (secondary N) is 1. The van der Waals surface area contributed by atoms with Crippen LogP contribution in [-0.2, 0) is 16.0 Å². The summed E-state index contributed by atoms with van der Waals surface area (Å²) in [6.07, 6.45) is -0.340. The van der Waals surface area contributed by atoms with Gasteiger partial charge in [-0.1, -0.05) is 75.7 Å². The first kappa shape index (κ1) is 36.2. The van der Waals surface area contributed by atoms with E-state index in [4.69, 9.17) is 93.3 Å². The van der Waals surface area contributed by atoms with E-state index < -0.39 is 23.8 Å². The zero-order chi connectivity index (χ0) is 34.6. The summed E-state index contributed by atoms with van der Waals surface area (Å²) in [5.74, 6) is -4.56. The Kier molecular flexibility index (Phi) is 11.8. The van der Waals surface area contributed by atoms with Crippen molar-refractivity contribution in [3.05, 3.63) is 108 Å². The molecule has 0 fully saturated rings. The largest absolute Gasteiger partial charge is 0.491 e. The minimum Gasteiger partial charge on any atom is -0.491 e. The van der Waals surface area contributed by atoms with E-state index >= 15 is 0 Å². The highest BCUT2D eigenvalue weighted by Crippen LogP contribution is 2.42. The van der Waals surface area contributed by atoms with Crippen LogP contribution in [0.1, 0.15) is 12.5 Å². The quantitative estimate of drug-likeness (QED) is 0.0835. The third-order valence-corrected chi connectivity index (χ3v) is 9.05. The topological polar surface area (TPSA) is 113 Å². The number of aliphatic hydroxyl groups is 1. The number of fused-ring (bicyclic) bond motifs is 1. The fraction of sp³-hybridized carbons (Fsp3) is 0.212. The van der Waals surface area contributed by atoms with E-state index in [-0.39, 0.29) is 62.3 Å². The molecule has 2 unspecified atom stereocenters. The average molecular weight is 776 g/mol. The molecule has 0 amide bonds. The smallest absolute Gasteiger partial charge is 0.454 e. The lowest BCUT2D eigenvalue weighted by molar-refractivity contribution is -0.190. The minimum atomic E-state index is -2.69. The summed E-state index contributed by atoms with van der Waals surface area (Å²) in [4.78, 5) is 27.2. The van der Waals surface area contributed by atoms with E-state index in [0.29, 0.717) is 22.2 Å². The molecule has 1 aliphatic heterocycles. The monoisotopic (exact) mass is 773 g/mol. The Morgan fingerprint density at radius 3 is 1.75 bits per heavy atom. The fourth-order valence-corrected chi connectivity index (χ4v) is 5.30. The van der Waals surface area contributed by atoms with Crippen LogP contribution < -0.4 is 29.0 Å². The maximum absolute atomic E-state index is 13.6. The summed E-state index contributed by atoms with van der Waals surface area (Å²) in [5, 5.41) is 15.1. The van der Waals surface area contributed by atoms with Gasteiger partial charge >= 0.3 is 17.7 Å². The van der Waals surface area contributed by atoms with Crippen LogP contribution in [0.3, 0.4) is 0 Å². The molecule has 0 aliphatic carbocycles. The Morgan fingerprint density at radius 2 is 1.21 bits per heavy atom. The Labute approximate surface area is 305 Å². The Bertz CT molecular complexity index is 1770. The van der Waals surface area contributed by atoms with Crippen LogP contribution in [0.15, 0.2) is 72.8 Å². The maximum Gasteiger partial charge on any atom is 0.454 e. The Morgan fingerprint density at radius 1 is 0.708 bits per heavy atom. The van der Waals surface area contributed by atoms with Gasteiger partial charge < -0.3 is 34.1 Å². The third kappa shape index (κ3) is 8.72. The first-order valence-corrected chi connectivity index (χ1v) is 16.4. The van der Waals surface area contributed by atoms with Crippen molar-refractivity contribution in [1.29, 1.82) is 0 Å². The molecule has 15 heteroatoms. The molecule has 2 atom stereocenters. The number of esters is 2. The van der Waals surface area contributed by atoms with Crippen LogP contribution in [-0.4, -0.2) is 48.1 Å². The zero-order valence-electron chi connectivity index (χ0n) is 24.8. The number of halogens is 6. The predicted molar refractivity (Wildman–Crippen MR) is 184 cm³/mol. The number of carbonyl (C=O) groups is 2. The van der Waals surface area contributed by atoms with Crippen molar-refractivity contribution in [2.75, 3.05) is 13.2 Å². The highest BCUT2D eigenvalue weighted by Gasteiger charge is 2.60. The van der Waals surface area contributed by atoms with E-state index in [1.165, 1.54) is 36.4 Å². The molecule has 2 N–H and O–H groups in total. The predicted octanol–water partition coefficient (Wildman–Crippen LogP) is 8.25. The SMILES string of the molecule is CC(Cc1ccc2c(c1)OC(C(=O)Oc1ccc(Cl)c(Cl)c1)(C(=O)Oc1ccc(Cl)c(Cl)c1)O2)NCC(O)COc1ccc(Cl)c(Cl)c1. The molecule has 0 saturated carbocycles. The molecule has 1 heterocycles. The number of ether oxygens (including phenoxy) is 5. The summed E-state index contributed by atoms with van der Waals surface area (Å²) in [7, 11) is 0. The molecular formula is C33H25Cl6NO8. The number of hydrogen-bond donors (Lipinski definition) is 2. The number of hydrogen-bond acceptors (Lipinski definition) is 9. The van der Waals surface area contributed by atoms with Gasteiger partial charge in [0, 0.05) is 30.8 Å². The average Bonchev–Trinajstić information content (AvgIpc) is 3.44. The van der Waals surface area contributed by atoms with Gasteiger partial charge in [-0.2, -0.15) is 0 Å². The lowest BCUT2D eigenvalue weighted by Gasteiger charge is -2.23. The molecule has 0 aromatic heterocycles. The summed E-state index contributed by atoms with van der Waals surface area (Å²) in [5.41, 5.74) is 0.769. The maximum atomic E-state index is 13.6. The van der Waals surface area contributed by atoms with Crippen molar-refractivity contribution in [3.8, 4) is 28.7 Å².